The lowest BCUT2D eigenvalue weighted by molar-refractivity contribution is 0.164. The van der Waals surface area contributed by atoms with Crippen LogP contribution in [0.5, 0.6) is 5.75 Å². The molecule has 0 atom stereocenters. The van der Waals surface area contributed by atoms with Crippen molar-refractivity contribution in [1.29, 1.82) is 0 Å². The number of hydrogen-bond acceptors (Lipinski definition) is 5. The van der Waals surface area contributed by atoms with E-state index >= 15 is 0 Å². The number of anilines is 2. The Hall–Kier alpha value is -3.21. The van der Waals surface area contributed by atoms with Crippen LogP contribution in [0.4, 0.5) is 11.5 Å². The van der Waals surface area contributed by atoms with E-state index in [1.807, 2.05) is 30.3 Å². The molecule has 0 unspecified atom stereocenters. The Morgan fingerprint density at radius 1 is 1.00 bits per heavy atom. The summed E-state index contributed by atoms with van der Waals surface area (Å²) in [5, 5.41) is 0. The SMILES string of the molecule is C=C(/C=C\C(=C)c1ccc(N)cc1)OCCOc1ccc(N)nc1. The van der Waals surface area contributed by atoms with Gasteiger partial charge in [0.05, 0.1) is 6.20 Å². The number of nitrogens with zero attached hydrogens (tertiary/aromatic N) is 1. The second-order valence-electron chi connectivity index (χ2n) is 5.06. The highest BCUT2D eigenvalue weighted by Crippen LogP contribution is 2.16. The summed E-state index contributed by atoms with van der Waals surface area (Å²) in [5.41, 5.74) is 13.7. The summed E-state index contributed by atoms with van der Waals surface area (Å²) in [6.45, 7) is 8.60. The van der Waals surface area contributed by atoms with Crippen LogP contribution in [0.25, 0.3) is 5.57 Å². The van der Waals surface area contributed by atoms with E-state index in [1.54, 1.807) is 24.4 Å². The molecule has 0 spiro atoms. The number of nitrogen functional groups attached to an aromatic ring is 2. The molecule has 1 aromatic heterocycles. The average molecular weight is 323 g/mol. The second-order valence-corrected chi connectivity index (χ2v) is 5.06. The van der Waals surface area contributed by atoms with Crippen molar-refractivity contribution < 1.29 is 9.47 Å². The molecular formula is C19H21N3O2. The number of nitrogens with two attached hydrogens (primary N) is 2. The summed E-state index contributed by atoms with van der Waals surface area (Å²) >= 11 is 0. The summed E-state index contributed by atoms with van der Waals surface area (Å²) in [6.07, 6.45) is 5.18. The Balaban J connectivity index is 1.71. The molecule has 1 aromatic carbocycles. The van der Waals surface area contributed by atoms with Crippen molar-refractivity contribution in [3.8, 4) is 5.75 Å². The summed E-state index contributed by atoms with van der Waals surface area (Å²) in [7, 11) is 0. The number of ether oxygens (including phenoxy) is 2. The van der Waals surface area contributed by atoms with Crippen molar-refractivity contribution in [2.75, 3.05) is 24.7 Å². The summed E-state index contributed by atoms with van der Waals surface area (Å²) in [5.74, 6) is 1.63. The summed E-state index contributed by atoms with van der Waals surface area (Å²) in [4.78, 5) is 3.94. The quantitative estimate of drug-likeness (QED) is 0.336. The smallest absolute Gasteiger partial charge is 0.137 e. The van der Waals surface area contributed by atoms with E-state index < -0.39 is 0 Å². The van der Waals surface area contributed by atoms with Crippen molar-refractivity contribution in [3.05, 3.63) is 79.2 Å². The Bertz CT molecular complexity index is 719. The number of hydrogen-bond donors (Lipinski definition) is 2. The van der Waals surface area contributed by atoms with E-state index in [4.69, 9.17) is 20.9 Å². The van der Waals surface area contributed by atoms with Crippen LogP contribution in [0.3, 0.4) is 0 Å². The number of aromatic nitrogens is 1. The topological polar surface area (TPSA) is 83.4 Å². The lowest BCUT2D eigenvalue weighted by Gasteiger charge is -2.08. The lowest BCUT2D eigenvalue weighted by atomic mass is 10.1. The third-order valence-electron chi connectivity index (χ3n) is 3.15. The maximum absolute atomic E-state index is 5.66. The van der Waals surface area contributed by atoms with Crippen LogP contribution in [0.15, 0.2) is 73.7 Å². The van der Waals surface area contributed by atoms with Crippen LogP contribution < -0.4 is 16.2 Å². The van der Waals surface area contributed by atoms with Crippen LogP contribution in [0.1, 0.15) is 5.56 Å². The molecule has 2 aromatic rings. The minimum atomic E-state index is 0.377. The van der Waals surface area contributed by atoms with Gasteiger partial charge >= 0.3 is 0 Å². The van der Waals surface area contributed by atoms with E-state index in [1.165, 1.54) is 0 Å². The largest absolute Gasteiger partial charge is 0.491 e. The van der Waals surface area contributed by atoms with E-state index in [9.17, 15) is 0 Å². The fraction of sp³-hybridized carbons (Fsp3) is 0.105. The molecule has 0 bridgehead atoms. The first-order valence-electron chi connectivity index (χ1n) is 7.43. The minimum absolute atomic E-state index is 0.377. The first-order chi connectivity index (χ1) is 11.5. The molecular weight excluding hydrogens is 302 g/mol. The molecule has 0 radical (unpaired) electrons. The number of benzene rings is 1. The first kappa shape index (κ1) is 17.1. The van der Waals surface area contributed by atoms with E-state index in [0.717, 1.165) is 16.8 Å². The van der Waals surface area contributed by atoms with Crippen LogP contribution in [-0.4, -0.2) is 18.2 Å². The van der Waals surface area contributed by atoms with Crippen LogP contribution in [0.2, 0.25) is 0 Å². The van der Waals surface area contributed by atoms with Crippen molar-refractivity contribution in [1.82, 2.24) is 4.98 Å². The van der Waals surface area contributed by atoms with Gasteiger partial charge in [-0.1, -0.05) is 31.4 Å². The lowest BCUT2D eigenvalue weighted by Crippen LogP contribution is -2.06. The molecule has 2 rings (SSSR count). The number of allylic oxidation sites excluding steroid dienone is 3. The summed E-state index contributed by atoms with van der Waals surface area (Å²) in [6, 6.07) is 10.9. The molecule has 1 heterocycles. The fourth-order valence-corrected chi connectivity index (χ4v) is 1.84. The van der Waals surface area contributed by atoms with Gasteiger partial charge in [-0.15, -0.1) is 0 Å². The highest BCUT2D eigenvalue weighted by Gasteiger charge is 1.97. The van der Waals surface area contributed by atoms with Crippen LogP contribution in [0, 0.1) is 0 Å². The maximum atomic E-state index is 5.66. The first-order valence-corrected chi connectivity index (χ1v) is 7.43. The third kappa shape index (κ3) is 5.53. The molecule has 0 aliphatic carbocycles. The van der Waals surface area contributed by atoms with Gasteiger partial charge in [0.25, 0.3) is 0 Å². The third-order valence-corrected chi connectivity index (χ3v) is 3.15. The van der Waals surface area contributed by atoms with Crippen molar-refractivity contribution >= 4 is 17.1 Å². The Morgan fingerprint density at radius 3 is 2.42 bits per heavy atom. The highest BCUT2D eigenvalue weighted by molar-refractivity contribution is 5.73. The van der Waals surface area contributed by atoms with E-state index in [0.29, 0.717) is 30.5 Å². The van der Waals surface area contributed by atoms with Gasteiger partial charge in [-0.3, -0.25) is 0 Å². The second kappa shape index (κ2) is 8.43. The Kier molecular flexibility index (Phi) is 6.02. The number of rotatable bonds is 8. The molecule has 5 heteroatoms. The van der Waals surface area contributed by atoms with Crippen LogP contribution in [-0.2, 0) is 4.74 Å². The van der Waals surface area contributed by atoms with Crippen molar-refractivity contribution in [3.63, 3.8) is 0 Å². The predicted octanol–water partition coefficient (Wildman–Crippen LogP) is 3.42. The Labute approximate surface area is 141 Å². The molecule has 0 amide bonds. The van der Waals surface area contributed by atoms with Gasteiger partial charge in [-0.05, 0) is 41.5 Å². The monoisotopic (exact) mass is 323 g/mol. The van der Waals surface area contributed by atoms with Gasteiger partial charge in [0.2, 0.25) is 0 Å². The van der Waals surface area contributed by atoms with Gasteiger partial charge in [0.15, 0.2) is 0 Å². The highest BCUT2D eigenvalue weighted by atomic mass is 16.5. The zero-order chi connectivity index (χ0) is 17.4. The molecule has 0 saturated heterocycles. The van der Waals surface area contributed by atoms with Gasteiger partial charge in [0, 0.05) is 5.69 Å². The Morgan fingerprint density at radius 2 is 1.75 bits per heavy atom. The van der Waals surface area contributed by atoms with Crippen molar-refractivity contribution in [2.24, 2.45) is 0 Å². The minimum Gasteiger partial charge on any atom is -0.491 e. The van der Waals surface area contributed by atoms with Gasteiger partial charge in [0.1, 0.15) is 30.5 Å². The summed E-state index contributed by atoms with van der Waals surface area (Å²) < 4.78 is 11.0. The molecule has 124 valence electrons. The zero-order valence-electron chi connectivity index (χ0n) is 13.4. The average Bonchev–Trinajstić information content (AvgIpc) is 2.59. The normalized spacial score (nSPS) is 10.5. The fourth-order valence-electron chi connectivity index (χ4n) is 1.84. The van der Waals surface area contributed by atoms with E-state index in [-0.39, 0.29) is 0 Å². The number of pyridine rings is 1. The van der Waals surface area contributed by atoms with Gasteiger partial charge < -0.3 is 20.9 Å². The van der Waals surface area contributed by atoms with E-state index in [2.05, 4.69) is 18.1 Å². The molecule has 4 N–H and O–H groups in total. The van der Waals surface area contributed by atoms with Crippen LogP contribution >= 0.6 is 0 Å². The maximum Gasteiger partial charge on any atom is 0.137 e. The molecule has 24 heavy (non-hydrogen) atoms. The molecule has 0 aliphatic rings. The molecule has 0 fully saturated rings. The van der Waals surface area contributed by atoms with Gasteiger partial charge in [-0.2, -0.15) is 0 Å². The molecule has 0 saturated carbocycles. The predicted molar refractivity (Wildman–Crippen MR) is 98.3 cm³/mol. The van der Waals surface area contributed by atoms with Crippen molar-refractivity contribution in [2.45, 2.75) is 0 Å². The zero-order valence-corrected chi connectivity index (χ0v) is 13.4. The molecule has 0 aliphatic heterocycles. The van der Waals surface area contributed by atoms with Gasteiger partial charge in [-0.25, -0.2) is 4.98 Å². The molecule has 5 nitrogen and oxygen atoms in total. The standard InChI is InChI=1S/C19H21N3O2/c1-14(16-5-7-17(20)8-6-16)3-4-15(2)23-11-12-24-18-9-10-19(21)22-13-18/h3-10,13H,1-2,11-12,20H2,(H2,21,22)/b4-3-.